The summed E-state index contributed by atoms with van der Waals surface area (Å²) in [6.45, 7) is 0. The first kappa shape index (κ1) is 19.9. The maximum atomic E-state index is 13.5. The Morgan fingerprint density at radius 3 is 2.42 bits per heavy atom. The van der Waals surface area contributed by atoms with Crippen LogP contribution in [0.3, 0.4) is 0 Å². The Balaban J connectivity index is 1.38. The van der Waals surface area contributed by atoms with Crippen LogP contribution in [0.4, 0.5) is 5.69 Å². The van der Waals surface area contributed by atoms with Gasteiger partial charge in [-0.25, -0.2) is 0 Å². The molecule has 33 heavy (non-hydrogen) atoms. The molecule has 0 spiro atoms. The molecule has 4 nitrogen and oxygen atoms in total. The Hall–Kier alpha value is -3.79. The molecule has 5 aromatic rings. The van der Waals surface area contributed by atoms with E-state index in [0.29, 0.717) is 11.6 Å². The first-order valence-corrected chi connectivity index (χ1v) is 11.7. The summed E-state index contributed by atoms with van der Waals surface area (Å²) in [6, 6.07) is 27.1. The smallest absolute Gasteiger partial charge is 0.272 e. The van der Waals surface area contributed by atoms with Gasteiger partial charge in [-0.1, -0.05) is 43.2 Å². The van der Waals surface area contributed by atoms with Crippen molar-refractivity contribution in [2.75, 3.05) is 5.32 Å². The zero-order valence-corrected chi connectivity index (χ0v) is 18.8. The number of fused-ring (bicyclic) bond motifs is 2. The van der Waals surface area contributed by atoms with Crippen molar-refractivity contribution in [3.63, 3.8) is 0 Å². The zero-order chi connectivity index (χ0) is 22.4. The number of hydrogen-bond acceptors (Lipinski definition) is 1. The summed E-state index contributed by atoms with van der Waals surface area (Å²) in [6.07, 6.45) is 7.25. The lowest BCUT2D eigenvalue weighted by Crippen LogP contribution is -2.16. The molecular formula is C29H27N3O. The second-order valence-corrected chi connectivity index (χ2v) is 9.15. The van der Waals surface area contributed by atoms with Crippen LogP contribution in [0.5, 0.6) is 0 Å². The van der Waals surface area contributed by atoms with E-state index in [1.807, 2.05) is 49.6 Å². The van der Waals surface area contributed by atoms with Gasteiger partial charge in [-0.2, -0.15) is 0 Å². The minimum absolute atomic E-state index is 0.110. The lowest BCUT2D eigenvalue weighted by atomic mass is 9.97. The molecule has 4 heteroatoms. The van der Waals surface area contributed by atoms with E-state index in [1.54, 1.807) is 0 Å². The quantitative estimate of drug-likeness (QED) is 0.325. The van der Waals surface area contributed by atoms with Crippen molar-refractivity contribution in [3.8, 4) is 5.69 Å². The molecule has 0 radical (unpaired) electrons. The van der Waals surface area contributed by atoms with E-state index in [1.165, 1.54) is 31.2 Å². The summed E-state index contributed by atoms with van der Waals surface area (Å²) in [5.74, 6) is 0.567. The van der Waals surface area contributed by atoms with Crippen LogP contribution >= 0.6 is 0 Å². The van der Waals surface area contributed by atoms with Crippen molar-refractivity contribution >= 4 is 33.4 Å². The maximum Gasteiger partial charge on any atom is 0.272 e. The second kappa shape index (κ2) is 7.96. The van der Waals surface area contributed by atoms with Gasteiger partial charge in [0.2, 0.25) is 0 Å². The van der Waals surface area contributed by atoms with Gasteiger partial charge in [-0.3, -0.25) is 4.79 Å². The Bertz CT molecular complexity index is 1470. The molecule has 0 unspecified atom stereocenters. The number of benzene rings is 3. The predicted octanol–water partition coefficient (Wildman–Crippen LogP) is 7.03. The van der Waals surface area contributed by atoms with E-state index >= 15 is 0 Å². The molecule has 164 valence electrons. The molecule has 3 aromatic carbocycles. The fourth-order valence-corrected chi connectivity index (χ4v) is 5.31. The third-order valence-corrected chi connectivity index (χ3v) is 7.06. The van der Waals surface area contributed by atoms with E-state index < -0.39 is 0 Å². The van der Waals surface area contributed by atoms with Crippen molar-refractivity contribution in [1.29, 1.82) is 0 Å². The first-order chi connectivity index (χ1) is 16.2. The van der Waals surface area contributed by atoms with Crippen LogP contribution in [-0.2, 0) is 7.05 Å². The highest BCUT2D eigenvalue weighted by Gasteiger charge is 2.19. The lowest BCUT2D eigenvalue weighted by molar-refractivity contribution is 0.102. The number of para-hydroxylation sites is 1. The number of nitrogens with zero attached hydrogens (tertiary/aromatic N) is 2. The summed E-state index contributed by atoms with van der Waals surface area (Å²) >= 11 is 0. The average Bonchev–Trinajstić information content (AvgIpc) is 3.58. The van der Waals surface area contributed by atoms with E-state index in [4.69, 9.17) is 0 Å². The number of aryl methyl sites for hydroxylation is 1. The molecule has 1 N–H and O–H groups in total. The van der Waals surface area contributed by atoms with E-state index in [2.05, 4.69) is 56.9 Å². The van der Waals surface area contributed by atoms with Crippen LogP contribution in [0.15, 0.2) is 85.1 Å². The molecule has 2 heterocycles. The average molecular weight is 434 g/mol. The van der Waals surface area contributed by atoms with Gasteiger partial charge in [0.25, 0.3) is 5.91 Å². The Kier molecular flexibility index (Phi) is 4.79. The summed E-state index contributed by atoms with van der Waals surface area (Å²) in [4.78, 5) is 13.5. The number of nitrogens with one attached hydrogen (secondary N) is 1. The largest absolute Gasteiger partial charge is 0.351 e. The van der Waals surface area contributed by atoms with Crippen LogP contribution in [-0.4, -0.2) is 15.0 Å². The molecule has 0 bridgehead atoms. The zero-order valence-electron chi connectivity index (χ0n) is 18.8. The second-order valence-electron chi connectivity index (χ2n) is 9.15. The van der Waals surface area contributed by atoms with Crippen molar-refractivity contribution in [3.05, 3.63) is 96.3 Å². The Morgan fingerprint density at radius 1 is 0.848 bits per heavy atom. The Labute approximate surface area is 193 Å². The molecule has 1 amide bonds. The Morgan fingerprint density at radius 2 is 1.61 bits per heavy atom. The highest BCUT2D eigenvalue weighted by atomic mass is 16.1. The summed E-state index contributed by atoms with van der Waals surface area (Å²) in [7, 11) is 2.02. The number of carbonyl (C=O) groups excluding carboxylic acids is 1. The SMILES string of the molecule is Cn1ccc2cc(NC(=O)c3cc4ccccc4n3-c3ccc(C4CCCC4)cc3)ccc21. The standard InChI is InChI=1S/C29H27N3O/c1-31-17-16-23-18-24(12-15-26(23)31)30-29(33)28-19-22-8-4-5-9-27(22)32(28)25-13-10-21(11-14-25)20-6-2-3-7-20/h4-5,8-20H,2-3,6-7H2,1H3,(H,30,33). The maximum absolute atomic E-state index is 13.5. The predicted molar refractivity (Wildman–Crippen MR) is 135 cm³/mol. The normalized spacial score (nSPS) is 14.3. The minimum Gasteiger partial charge on any atom is -0.351 e. The van der Waals surface area contributed by atoms with Crippen LogP contribution < -0.4 is 5.32 Å². The van der Waals surface area contributed by atoms with Gasteiger partial charge in [0.1, 0.15) is 5.69 Å². The summed E-state index contributed by atoms with van der Waals surface area (Å²) in [5.41, 5.74) is 6.04. The van der Waals surface area contributed by atoms with Gasteiger partial charge in [-0.05, 0) is 72.9 Å². The van der Waals surface area contributed by atoms with Crippen LogP contribution in [0.25, 0.3) is 27.5 Å². The van der Waals surface area contributed by atoms with Crippen LogP contribution in [0.2, 0.25) is 0 Å². The molecule has 0 aliphatic heterocycles. The van der Waals surface area contributed by atoms with Crippen molar-refractivity contribution in [2.24, 2.45) is 7.05 Å². The molecule has 1 fully saturated rings. The van der Waals surface area contributed by atoms with Gasteiger partial charge in [0, 0.05) is 40.9 Å². The number of rotatable bonds is 4. The van der Waals surface area contributed by atoms with Crippen molar-refractivity contribution in [1.82, 2.24) is 9.13 Å². The number of aromatic nitrogens is 2. The van der Waals surface area contributed by atoms with Crippen molar-refractivity contribution in [2.45, 2.75) is 31.6 Å². The van der Waals surface area contributed by atoms with Crippen molar-refractivity contribution < 1.29 is 4.79 Å². The van der Waals surface area contributed by atoms with Crippen LogP contribution in [0.1, 0.15) is 47.7 Å². The number of carbonyl (C=O) groups is 1. The van der Waals surface area contributed by atoms with Gasteiger partial charge < -0.3 is 14.5 Å². The summed E-state index contributed by atoms with van der Waals surface area (Å²) in [5, 5.41) is 5.28. The van der Waals surface area contributed by atoms with E-state index in [-0.39, 0.29) is 5.91 Å². The molecule has 2 aromatic heterocycles. The molecule has 0 saturated heterocycles. The van der Waals surface area contributed by atoms with Gasteiger partial charge in [0.15, 0.2) is 0 Å². The minimum atomic E-state index is -0.110. The molecule has 1 saturated carbocycles. The van der Waals surface area contributed by atoms with E-state index in [0.717, 1.165) is 33.2 Å². The van der Waals surface area contributed by atoms with Crippen LogP contribution in [0, 0.1) is 0 Å². The topological polar surface area (TPSA) is 39.0 Å². The van der Waals surface area contributed by atoms with Gasteiger partial charge in [0.05, 0.1) is 5.52 Å². The molecular weight excluding hydrogens is 406 g/mol. The lowest BCUT2D eigenvalue weighted by Gasteiger charge is -2.14. The number of amides is 1. The van der Waals surface area contributed by atoms with Gasteiger partial charge >= 0.3 is 0 Å². The van der Waals surface area contributed by atoms with Gasteiger partial charge in [-0.15, -0.1) is 0 Å². The molecule has 1 aliphatic carbocycles. The monoisotopic (exact) mass is 433 g/mol. The number of hydrogen-bond donors (Lipinski definition) is 1. The fraction of sp³-hybridized carbons (Fsp3) is 0.207. The first-order valence-electron chi connectivity index (χ1n) is 11.7. The molecule has 0 atom stereocenters. The fourth-order valence-electron chi connectivity index (χ4n) is 5.31. The van der Waals surface area contributed by atoms with E-state index in [9.17, 15) is 4.79 Å². The number of anilines is 1. The third-order valence-electron chi connectivity index (χ3n) is 7.06. The third kappa shape index (κ3) is 3.52. The molecule has 1 aliphatic rings. The summed E-state index contributed by atoms with van der Waals surface area (Å²) < 4.78 is 4.15. The molecule has 6 rings (SSSR count). The highest BCUT2D eigenvalue weighted by molar-refractivity contribution is 6.07. The highest BCUT2D eigenvalue weighted by Crippen LogP contribution is 2.35.